The van der Waals surface area contributed by atoms with E-state index in [9.17, 15) is 4.79 Å². The molecule has 2 rings (SSSR count). The Morgan fingerprint density at radius 1 is 1.56 bits per heavy atom. The molecule has 0 saturated carbocycles. The summed E-state index contributed by atoms with van der Waals surface area (Å²) in [6.07, 6.45) is 1.48. The Bertz CT molecular complexity index is 490. The van der Waals surface area contributed by atoms with E-state index in [4.69, 9.17) is 11.6 Å². The third-order valence-electron chi connectivity index (χ3n) is 2.07. The molecule has 0 bridgehead atoms. The van der Waals surface area contributed by atoms with Crippen molar-refractivity contribution in [1.82, 2.24) is 4.98 Å². The number of halogens is 1. The molecule has 0 unspecified atom stereocenters. The van der Waals surface area contributed by atoms with Gasteiger partial charge in [0, 0.05) is 0 Å². The highest BCUT2D eigenvalue weighted by atomic mass is 35.5. The molecule has 0 fully saturated rings. The first-order valence-corrected chi connectivity index (χ1v) is 5.76. The molecule has 1 heterocycles. The molecule has 0 aliphatic rings. The summed E-state index contributed by atoms with van der Waals surface area (Å²) in [6.45, 7) is 1.89. The molecule has 0 saturated heterocycles. The van der Waals surface area contributed by atoms with Crippen LogP contribution in [0, 0.1) is 12.4 Å². The second-order valence-electron chi connectivity index (χ2n) is 3.20. The molecular formula is C11H8ClN2OS. The van der Waals surface area contributed by atoms with Crippen LogP contribution in [0.25, 0.3) is 0 Å². The van der Waals surface area contributed by atoms with Crippen LogP contribution in [-0.4, -0.2) is 10.9 Å². The number of benzene rings is 1. The fraction of sp³-hybridized carbons (Fsp3) is 0.0909. The zero-order chi connectivity index (χ0) is 11.5. The largest absolute Gasteiger partial charge is 0.320 e. The van der Waals surface area contributed by atoms with Gasteiger partial charge in [0.15, 0.2) is 5.51 Å². The van der Waals surface area contributed by atoms with E-state index in [0.29, 0.717) is 15.6 Å². The molecule has 0 aliphatic heterocycles. The molecule has 3 nitrogen and oxygen atoms in total. The van der Waals surface area contributed by atoms with Crippen molar-refractivity contribution in [1.29, 1.82) is 0 Å². The number of aryl methyl sites for hydroxylation is 1. The topological polar surface area (TPSA) is 42.0 Å². The summed E-state index contributed by atoms with van der Waals surface area (Å²) < 4.78 is 0. The minimum atomic E-state index is -0.213. The summed E-state index contributed by atoms with van der Waals surface area (Å²) in [4.78, 5) is 16.0. The number of rotatable bonds is 2. The Balaban J connectivity index is 2.25. The van der Waals surface area contributed by atoms with Crippen LogP contribution in [0.1, 0.15) is 15.2 Å². The molecule has 2 aromatic rings. The highest BCUT2D eigenvalue weighted by Gasteiger charge is 2.11. The lowest BCUT2D eigenvalue weighted by Crippen LogP contribution is -2.11. The molecule has 0 spiro atoms. The number of anilines is 1. The minimum absolute atomic E-state index is 0.213. The highest BCUT2D eigenvalue weighted by Crippen LogP contribution is 2.25. The van der Waals surface area contributed by atoms with Gasteiger partial charge in [0.05, 0.1) is 16.9 Å². The number of nitrogens with one attached hydrogen (secondary N) is 1. The second kappa shape index (κ2) is 4.63. The van der Waals surface area contributed by atoms with Gasteiger partial charge in [-0.25, -0.2) is 4.98 Å². The third-order valence-corrected chi connectivity index (χ3v) is 3.10. The van der Waals surface area contributed by atoms with Crippen molar-refractivity contribution in [3.05, 3.63) is 45.4 Å². The lowest BCUT2D eigenvalue weighted by atomic mass is 10.2. The molecule has 16 heavy (non-hydrogen) atoms. The quantitative estimate of drug-likeness (QED) is 0.891. The predicted octanol–water partition coefficient (Wildman–Crippen LogP) is 3.16. The summed E-state index contributed by atoms with van der Waals surface area (Å²) >= 11 is 7.17. The first-order chi connectivity index (χ1) is 7.68. The van der Waals surface area contributed by atoms with Crippen molar-refractivity contribution in [3.63, 3.8) is 0 Å². The van der Waals surface area contributed by atoms with Crippen molar-refractivity contribution in [2.24, 2.45) is 0 Å². The molecule has 1 radical (unpaired) electrons. The second-order valence-corrected chi connectivity index (χ2v) is 4.44. The number of hydrogen-bond acceptors (Lipinski definition) is 3. The van der Waals surface area contributed by atoms with Crippen LogP contribution in [0.3, 0.4) is 0 Å². The van der Waals surface area contributed by atoms with E-state index in [1.807, 2.05) is 19.1 Å². The number of carbonyl (C=O) groups is 1. The Morgan fingerprint density at radius 2 is 2.38 bits per heavy atom. The van der Waals surface area contributed by atoms with Gasteiger partial charge in [-0.3, -0.25) is 4.79 Å². The maximum Gasteiger partial charge on any atom is 0.267 e. The number of carbonyl (C=O) groups excluding carboxylic acids is 1. The molecule has 1 aromatic carbocycles. The summed E-state index contributed by atoms with van der Waals surface area (Å²) in [7, 11) is 0. The SMILES string of the molecule is Cc1cccc(Cl)c1NC(=O)c1cn[c]s1. The lowest BCUT2D eigenvalue weighted by molar-refractivity contribution is 0.103. The zero-order valence-electron chi connectivity index (χ0n) is 8.45. The van der Waals surface area contributed by atoms with Gasteiger partial charge in [-0.2, -0.15) is 0 Å². The summed E-state index contributed by atoms with van der Waals surface area (Å²) in [5.41, 5.74) is 4.19. The Hall–Kier alpha value is -1.39. The number of thiazole rings is 1. The van der Waals surface area contributed by atoms with Crippen molar-refractivity contribution >= 4 is 34.5 Å². The average Bonchev–Trinajstić information content (AvgIpc) is 2.76. The van der Waals surface area contributed by atoms with Crippen molar-refractivity contribution < 1.29 is 4.79 Å². The van der Waals surface area contributed by atoms with E-state index < -0.39 is 0 Å². The number of aromatic nitrogens is 1. The minimum Gasteiger partial charge on any atom is -0.320 e. The molecular weight excluding hydrogens is 244 g/mol. The predicted molar refractivity (Wildman–Crippen MR) is 65.1 cm³/mol. The molecule has 81 valence electrons. The van der Waals surface area contributed by atoms with E-state index in [-0.39, 0.29) is 5.91 Å². The van der Waals surface area contributed by atoms with Gasteiger partial charge in [0.1, 0.15) is 4.88 Å². The van der Waals surface area contributed by atoms with Crippen LogP contribution in [0.15, 0.2) is 24.4 Å². The average molecular weight is 252 g/mol. The van der Waals surface area contributed by atoms with E-state index in [0.717, 1.165) is 5.56 Å². The van der Waals surface area contributed by atoms with Gasteiger partial charge >= 0.3 is 0 Å². The smallest absolute Gasteiger partial charge is 0.267 e. The maximum absolute atomic E-state index is 11.8. The molecule has 1 amide bonds. The van der Waals surface area contributed by atoms with Gasteiger partial charge < -0.3 is 5.32 Å². The lowest BCUT2D eigenvalue weighted by Gasteiger charge is -2.08. The molecule has 0 aliphatic carbocycles. The van der Waals surface area contributed by atoms with Crippen LogP contribution in [0.5, 0.6) is 0 Å². The maximum atomic E-state index is 11.8. The monoisotopic (exact) mass is 251 g/mol. The fourth-order valence-electron chi connectivity index (χ4n) is 1.26. The third kappa shape index (κ3) is 2.23. The van der Waals surface area contributed by atoms with Gasteiger partial charge in [-0.1, -0.05) is 23.7 Å². The van der Waals surface area contributed by atoms with Gasteiger partial charge in [0.25, 0.3) is 5.91 Å². The first kappa shape index (κ1) is 11.1. The van der Waals surface area contributed by atoms with E-state index in [1.54, 1.807) is 6.07 Å². The van der Waals surface area contributed by atoms with E-state index >= 15 is 0 Å². The van der Waals surface area contributed by atoms with Gasteiger partial charge in [-0.15, -0.1) is 11.3 Å². The van der Waals surface area contributed by atoms with Crippen molar-refractivity contribution in [3.8, 4) is 0 Å². The van der Waals surface area contributed by atoms with E-state index in [1.165, 1.54) is 17.5 Å². The van der Waals surface area contributed by atoms with Gasteiger partial charge in [-0.05, 0) is 18.6 Å². The summed E-state index contributed by atoms with van der Waals surface area (Å²) in [5, 5.41) is 3.29. The number of nitrogens with zero attached hydrogens (tertiary/aromatic N) is 1. The Kier molecular flexibility index (Phi) is 3.22. The number of amides is 1. The first-order valence-electron chi connectivity index (χ1n) is 4.57. The van der Waals surface area contributed by atoms with Crippen LogP contribution in [0.2, 0.25) is 5.02 Å². The van der Waals surface area contributed by atoms with Crippen LogP contribution < -0.4 is 5.32 Å². The van der Waals surface area contributed by atoms with Gasteiger partial charge in [0.2, 0.25) is 0 Å². The van der Waals surface area contributed by atoms with Crippen LogP contribution in [0.4, 0.5) is 5.69 Å². The van der Waals surface area contributed by atoms with Crippen LogP contribution >= 0.6 is 22.9 Å². The van der Waals surface area contributed by atoms with Crippen molar-refractivity contribution in [2.45, 2.75) is 6.92 Å². The summed E-state index contributed by atoms with van der Waals surface area (Å²) in [5.74, 6) is -0.213. The fourth-order valence-corrected chi connectivity index (χ4v) is 1.98. The highest BCUT2D eigenvalue weighted by molar-refractivity contribution is 7.11. The molecule has 0 atom stereocenters. The van der Waals surface area contributed by atoms with Crippen molar-refractivity contribution in [2.75, 3.05) is 5.32 Å². The summed E-state index contributed by atoms with van der Waals surface area (Å²) in [6, 6.07) is 5.47. The normalized spacial score (nSPS) is 10.1. The zero-order valence-corrected chi connectivity index (χ0v) is 10.0. The molecule has 1 aromatic heterocycles. The standard InChI is InChI=1S/C11H8ClN2OS/c1-7-3-2-4-8(12)10(7)14-11(15)9-5-13-6-16-9/h2-5H,1H3,(H,14,15). The number of hydrogen-bond donors (Lipinski definition) is 1. The molecule has 1 N–H and O–H groups in total. The molecule has 5 heteroatoms. The number of para-hydroxylation sites is 1. The van der Waals surface area contributed by atoms with E-state index in [2.05, 4.69) is 15.8 Å². The Morgan fingerprint density at radius 3 is 3.00 bits per heavy atom. The van der Waals surface area contributed by atoms with Crippen LogP contribution in [-0.2, 0) is 0 Å². The Labute approximate surface area is 102 Å².